The number of benzene rings is 1. The third-order valence-electron chi connectivity index (χ3n) is 3.02. The summed E-state index contributed by atoms with van der Waals surface area (Å²) in [6, 6.07) is 10.5. The maximum absolute atomic E-state index is 12.0. The van der Waals surface area contributed by atoms with Gasteiger partial charge in [0.05, 0.1) is 11.7 Å². The number of rotatable bonds is 3. The fourth-order valence-electron chi connectivity index (χ4n) is 2.06. The van der Waals surface area contributed by atoms with Crippen LogP contribution in [0, 0.1) is 0 Å². The van der Waals surface area contributed by atoms with Crippen molar-refractivity contribution in [2.75, 3.05) is 5.32 Å². The van der Waals surface area contributed by atoms with Crippen molar-refractivity contribution in [2.24, 2.45) is 0 Å². The van der Waals surface area contributed by atoms with Crippen LogP contribution in [0.25, 0.3) is 10.9 Å². The lowest BCUT2D eigenvalue weighted by Crippen LogP contribution is -2.22. The number of amides is 1. The molecule has 3 aromatic rings. The van der Waals surface area contributed by atoms with Crippen LogP contribution >= 0.6 is 0 Å². The molecule has 0 radical (unpaired) electrons. The highest BCUT2D eigenvalue weighted by molar-refractivity contribution is 5.91. The molecule has 0 bridgehead atoms. The third kappa shape index (κ3) is 2.79. The molecule has 21 heavy (non-hydrogen) atoms. The summed E-state index contributed by atoms with van der Waals surface area (Å²) in [5.41, 5.74) is 1.15. The number of carbonyl (C=O) groups is 1. The van der Waals surface area contributed by atoms with Gasteiger partial charge in [0.25, 0.3) is 0 Å². The summed E-state index contributed by atoms with van der Waals surface area (Å²) in [6.45, 7) is 0.0309. The highest BCUT2D eigenvalue weighted by Gasteiger charge is 2.08. The van der Waals surface area contributed by atoms with Crippen LogP contribution in [0.15, 0.2) is 59.8 Å². The van der Waals surface area contributed by atoms with Crippen LogP contribution < -0.4 is 10.7 Å². The Hall–Kier alpha value is -3.02. The topological polar surface area (TPSA) is 76.9 Å². The largest absolute Gasteiger partial charge is 0.324 e. The molecule has 6 heteroatoms. The first-order valence-corrected chi connectivity index (χ1v) is 6.39. The van der Waals surface area contributed by atoms with Gasteiger partial charge in [-0.3, -0.25) is 19.3 Å². The molecule has 0 aliphatic heterocycles. The molecule has 1 aromatic carbocycles. The normalized spacial score (nSPS) is 10.5. The van der Waals surface area contributed by atoms with Gasteiger partial charge in [-0.1, -0.05) is 12.1 Å². The predicted molar refractivity (Wildman–Crippen MR) is 78.9 cm³/mol. The van der Waals surface area contributed by atoms with Gasteiger partial charge in [-0.05, 0) is 24.3 Å². The van der Waals surface area contributed by atoms with Crippen molar-refractivity contribution >= 4 is 22.5 Å². The third-order valence-corrected chi connectivity index (χ3v) is 3.02. The van der Waals surface area contributed by atoms with Crippen molar-refractivity contribution in [1.82, 2.24) is 14.8 Å². The number of aromatic nitrogens is 3. The zero-order chi connectivity index (χ0) is 14.7. The van der Waals surface area contributed by atoms with Gasteiger partial charge in [0.1, 0.15) is 6.54 Å². The van der Waals surface area contributed by atoms with E-state index in [4.69, 9.17) is 0 Å². The van der Waals surface area contributed by atoms with Gasteiger partial charge in [-0.25, -0.2) is 0 Å². The predicted octanol–water partition coefficient (Wildman–Crippen LogP) is 1.43. The molecule has 0 aliphatic rings. The Morgan fingerprint density at radius 3 is 2.71 bits per heavy atom. The fraction of sp³-hybridized carbons (Fsp3) is 0.0667. The summed E-state index contributed by atoms with van der Waals surface area (Å²) < 4.78 is 1.51. The first-order valence-electron chi connectivity index (χ1n) is 6.39. The Morgan fingerprint density at radius 1 is 1.14 bits per heavy atom. The van der Waals surface area contributed by atoms with Crippen LogP contribution in [0.1, 0.15) is 0 Å². The molecule has 3 rings (SSSR count). The van der Waals surface area contributed by atoms with E-state index in [-0.39, 0.29) is 17.9 Å². The maximum Gasteiger partial charge on any atom is 0.246 e. The molecule has 0 fully saturated rings. The van der Waals surface area contributed by atoms with Gasteiger partial charge in [0.2, 0.25) is 11.3 Å². The van der Waals surface area contributed by atoms with E-state index >= 15 is 0 Å². The Balaban J connectivity index is 1.87. The van der Waals surface area contributed by atoms with Gasteiger partial charge in [-0.15, -0.1) is 0 Å². The second-order valence-electron chi connectivity index (χ2n) is 4.47. The second kappa shape index (κ2) is 5.54. The minimum absolute atomic E-state index is 0.0309. The molecule has 0 spiro atoms. The Labute approximate surface area is 120 Å². The van der Waals surface area contributed by atoms with E-state index in [1.807, 2.05) is 0 Å². The summed E-state index contributed by atoms with van der Waals surface area (Å²) in [5.74, 6) is -0.220. The van der Waals surface area contributed by atoms with Gasteiger partial charge in [0.15, 0.2) is 0 Å². The van der Waals surface area contributed by atoms with E-state index in [9.17, 15) is 9.59 Å². The maximum atomic E-state index is 12.0. The number of fused-ring (bicyclic) bond motifs is 1. The van der Waals surface area contributed by atoms with E-state index in [2.05, 4.69) is 15.4 Å². The average Bonchev–Trinajstić information content (AvgIpc) is 2.51. The lowest BCUT2D eigenvalue weighted by Gasteiger charge is -2.09. The Morgan fingerprint density at radius 2 is 1.90 bits per heavy atom. The number of pyridine rings is 1. The van der Waals surface area contributed by atoms with Crippen molar-refractivity contribution in [3.8, 4) is 0 Å². The van der Waals surface area contributed by atoms with Crippen molar-refractivity contribution in [2.45, 2.75) is 6.54 Å². The number of nitrogens with zero attached hydrogens (tertiary/aromatic N) is 3. The highest BCUT2D eigenvalue weighted by atomic mass is 16.2. The van der Waals surface area contributed by atoms with Crippen LogP contribution in [0.5, 0.6) is 0 Å². The van der Waals surface area contributed by atoms with E-state index in [0.717, 1.165) is 0 Å². The lowest BCUT2D eigenvalue weighted by atomic mass is 10.2. The molecule has 1 N–H and O–H groups in total. The Kier molecular flexibility index (Phi) is 3.42. The van der Waals surface area contributed by atoms with Gasteiger partial charge >= 0.3 is 0 Å². The smallest absolute Gasteiger partial charge is 0.246 e. The van der Waals surface area contributed by atoms with E-state index in [1.54, 1.807) is 48.8 Å². The molecule has 0 atom stereocenters. The van der Waals surface area contributed by atoms with E-state index in [0.29, 0.717) is 16.6 Å². The fourth-order valence-corrected chi connectivity index (χ4v) is 2.06. The van der Waals surface area contributed by atoms with Crippen molar-refractivity contribution in [3.05, 3.63) is 65.2 Å². The molecule has 2 aromatic heterocycles. The van der Waals surface area contributed by atoms with E-state index in [1.165, 1.54) is 10.9 Å². The first kappa shape index (κ1) is 13.0. The van der Waals surface area contributed by atoms with Crippen LogP contribution in [0.2, 0.25) is 0 Å². The summed E-state index contributed by atoms with van der Waals surface area (Å²) in [4.78, 5) is 27.6. The molecule has 0 aliphatic carbocycles. The summed E-state index contributed by atoms with van der Waals surface area (Å²) in [6.07, 6.45) is 4.42. The Bertz CT molecular complexity index is 843. The second-order valence-corrected chi connectivity index (χ2v) is 4.47. The molecule has 2 heterocycles. The molecule has 104 valence electrons. The average molecular weight is 280 g/mol. The number of hydrogen-bond acceptors (Lipinski definition) is 4. The van der Waals surface area contributed by atoms with Crippen LogP contribution in [0.3, 0.4) is 0 Å². The molecule has 0 unspecified atom stereocenters. The molecular weight excluding hydrogens is 268 g/mol. The summed E-state index contributed by atoms with van der Waals surface area (Å²) in [5, 5.41) is 7.32. The standard InChI is InChI=1S/C15H12N4O2/c20-14-9-17-19(13-4-2-1-3-12(13)14)10-15(21)18-11-5-7-16-8-6-11/h1-9H,10H2,(H,16,18,21). The summed E-state index contributed by atoms with van der Waals surface area (Å²) in [7, 11) is 0. The monoisotopic (exact) mass is 280 g/mol. The number of para-hydroxylation sites is 1. The number of nitrogens with one attached hydrogen (secondary N) is 1. The van der Waals surface area contributed by atoms with Crippen molar-refractivity contribution < 1.29 is 4.79 Å². The van der Waals surface area contributed by atoms with Crippen molar-refractivity contribution in [1.29, 1.82) is 0 Å². The molecule has 1 amide bonds. The van der Waals surface area contributed by atoms with Crippen LogP contribution in [-0.2, 0) is 11.3 Å². The van der Waals surface area contributed by atoms with Gasteiger partial charge in [-0.2, -0.15) is 5.10 Å². The lowest BCUT2D eigenvalue weighted by molar-refractivity contribution is -0.116. The zero-order valence-electron chi connectivity index (χ0n) is 11.1. The van der Waals surface area contributed by atoms with Gasteiger partial charge in [0, 0.05) is 23.5 Å². The zero-order valence-corrected chi connectivity index (χ0v) is 11.1. The molecular formula is C15H12N4O2. The SMILES string of the molecule is O=C(Cn1ncc(=O)c2ccccc21)Nc1ccncc1. The van der Waals surface area contributed by atoms with Crippen LogP contribution in [-0.4, -0.2) is 20.7 Å². The molecule has 6 nitrogen and oxygen atoms in total. The number of hydrogen-bond donors (Lipinski definition) is 1. The van der Waals surface area contributed by atoms with Gasteiger partial charge < -0.3 is 5.32 Å². The number of carbonyl (C=O) groups excluding carboxylic acids is 1. The van der Waals surface area contributed by atoms with Crippen LogP contribution in [0.4, 0.5) is 5.69 Å². The minimum atomic E-state index is -0.220. The van der Waals surface area contributed by atoms with Crippen molar-refractivity contribution in [3.63, 3.8) is 0 Å². The highest BCUT2D eigenvalue weighted by Crippen LogP contribution is 2.08. The minimum Gasteiger partial charge on any atom is -0.324 e. The molecule has 0 saturated heterocycles. The first-order chi connectivity index (χ1) is 10.2. The molecule has 0 saturated carbocycles. The quantitative estimate of drug-likeness (QED) is 0.787. The summed E-state index contributed by atoms with van der Waals surface area (Å²) >= 11 is 0. The number of anilines is 1. The van der Waals surface area contributed by atoms with E-state index < -0.39 is 0 Å².